The van der Waals surface area contributed by atoms with Crippen molar-refractivity contribution in [1.82, 2.24) is 15.2 Å². The van der Waals surface area contributed by atoms with Crippen LogP contribution >= 0.6 is 15.9 Å². The quantitative estimate of drug-likeness (QED) is 0.911. The first-order valence-electron chi connectivity index (χ1n) is 4.44. The average Bonchev–Trinajstić information content (AvgIpc) is 2.68. The summed E-state index contributed by atoms with van der Waals surface area (Å²) >= 11 is 3.37. The first-order valence-corrected chi connectivity index (χ1v) is 5.24. The van der Waals surface area contributed by atoms with E-state index in [4.69, 9.17) is 10.2 Å². The summed E-state index contributed by atoms with van der Waals surface area (Å²) in [6.07, 6.45) is 2.25. The molecule has 2 heterocycles. The van der Waals surface area contributed by atoms with Crippen molar-refractivity contribution in [2.24, 2.45) is 5.73 Å². The van der Waals surface area contributed by atoms with E-state index in [0.717, 1.165) is 4.47 Å². The van der Waals surface area contributed by atoms with Crippen molar-refractivity contribution in [2.75, 3.05) is 6.54 Å². The molecule has 0 aliphatic rings. The fourth-order valence-corrected chi connectivity index (χ4v) is 1.54. The molecule has 0 aliphatic heterocycles. The van der Waals surface area contributed by atoms with Crippen molar-refractivity contribution in [3.8, 4) is 11.6 Å². The maximum Gasteiger partial charge on any atom is 0.267 e. The number of nitrogens with two attached hydrogens (primary N) is 1. The SMILES string of the molecule is NCCc1nnc(-c2ncccc2Br)o1. The molecule has 78 valence electrons. The Morgan fingerprint density at radius 1 is 1.40 bits per heavy atom. The van der Waals surface area contributed by atoms with E-state index in [1.807, 2.05) is 12.1 Å². The summed E-state index contributed by atoms with van der Waals surface area (Å²) in [5, 5.41) is 7.77. The van der Waals surface area contributed by atoms with E-state index in [-0.39, 0.29) is 0 Å². The fourth-order valence-electron chi connectivity index (χ4n) is 1.12. The van der Waals surface area contributed by atoms with Crippen molar-refractivity contribution in [2.45, 2.75) is 6.42 Å². The summed E-state index contributed by atoms with van der Waals surface area (Å²) in [5.41, 5.74) is 6.03. The number of nitrogens with zero attached hydrogens (tertiary/aromatic N) is 3. The zero-order chi connectivity index (χ0) is 10.7. The zero-order valence-electron chi connectivity index (χ0n) is 7.85. The molecule has 0 amide bonds. The number of rotatable bonds is 3. The molecule has 0 radical (unpaired) electrons. The number of hydrogen-bond donors (Lipinski definition) is 1. The molecule has 0 aromatic carbocycles. The minimum Gasteiger partial charge on any atom is -0.419 e. The fraction of sp³-hybridized carbons (Fsp3) is 0.222. The molecule has 0 saturated carbocycles. The molecule has 0 fully saturated rings. The highest BCUT2D eigenvalue weighted by Crippen LogP contribution is 2.24. The van der Waals surface area contributed by atoms with Crippen LogP contribution in [-0.4, -0.2) is 21.7 Å². The molecule has 0 saturated heterocycles. The first-order chi connectivity index (χ1) is 7.31. The van der Waals surface area contributed by atoms with Gasteiger partial charge in [0, 0.05) is 23.6 Å². The smallest absolute Gasteiger partial charge is 0.267 e. The molecule has 0 bridgehead atoms. The van der Waals surface area contributed by atoms with Crippen LogP contribution in [0.4, 0.5) is 0 Å². The van der Waals surface area contributed by atoms with Crippen LogP contribution in [-0.2, 0) is 6.42 Å². The van der Waals surface area contributed by atoms with Crippen molar-refractivity contribution in [1.29, 1.82) is 0 Å². The lowest BCUT2D eigenvalue weighted by molar-refractivity contribution is 0.505. The van der Waals surface area contributed by atoms with Gasteiger partial charge in [0.25, 0.3) is 5.89 Å². The topological polar surface area (TPSA) is 77.8 Å². The largest absolute Gasteiger partial charge is 0.419 e. The van der Waals surface area contributed by atoms with Gasteiger partial charge in [0.2, 0.25) is 5.89 Å². The minimum absolute atomic E-state index is 0.408. The molecule has 6 heteroatoms. The molecular weight excluding hydrogens is 260 g/mol. The Labute approximate surface area is 94.8 Å². The second-order valence-corrected chi connectivity index (χ2v) is 3.73. The molecule has 2 N–H and O–H groups in total. The summed E-state index contributed by atoms with van der Waals surface area (Å²) < 4.78 is 6.22. The van der Waals surface area contributed by atoms with Gasteiger partial charge < -0.3 is 10.2 Å². The van der Waals surface area contributed by atoms with Crippen molar-refractivity contribution in [3.05, 3.63) is 28.7 Å². The number of aromatic nitrogens is 3. The van der Waals surface area contributed by atoms with Gasteiger partial charge in [0.05, 0.1) is 0 Å². The highest BCUT2D eigenvalue weighted by Gasteiger charge is 2.11. The summed E-state index contributed by atoms with van der Waals surface area (Å²) in [6.45, 7) is 0.491. The molecule has 5 nitrogen and oxygen atoms in total. The Balaban J connectivity index is 2.33. The van der Waals surface area contributed by atoms with Gasteiger partial charge in [-0.2, -0.15) is 0 Å². The average molecular weight is 269 g/mol. The van der Waals surface area contributed by atoms with Crippen LogP contribution in [0.5, 0.6) is 0 Å². The molecule has 2 aromatic rings. The van der Waals surface area contributed by atoms with Gasteiger partial charge in [0.15, 0.2) is 0 Å². The Hall–Kier alpha value is -1.27. The second kappa shape index (κ2) is 4.50. The number of hydrogen-bond acceptors (Lipinski definition) is 5. The van der Waals surface area contributed by atoms with Crippen LogP contribution < -0.4 is 5.73 Å². The standard InChI is InChI=1S/C9H9BrN4O/c10-6-2-1-5-12-8(6)9-14-13-7(15-9)3-4-11/h1-2,5H,3-4,11H2. The normalized spacial score (nSPS) is 10.5. The van der Waals surface area contributed by atoms with Gasteiger partial charge in [-0.3, -0.25) is 0 Å². The van der Waals surface area contributed by atoms with Gasteiger partial charge in [-0.1, -0.05) is 0 Å². The van der Waals surface area contributed by atoms with E-state index in [1.165, 1.54) is 0 Å². The Bertz CT molecular complexity index is 457. The predicted molar refractivity (Wildman–Crippen MR) is 58.0 cm³/mol. The van der Waals surface area contributed by atoms with Gasteiger partial charge in [-0.05, 0) is 28.1 Å². The van der Waals surface area contributed by atoms with Crippen LogP contribution in [0.2, 0.25) is 0 Å². The summed E-state index contributed by atoms with van der Waals surface area (Å²) in [5.74, 6) is 0.941. The van der Waals surface area contributed by atoms with Crippen molar-refractivity contribution >= 4 is 15.9 Å². The maximum absolute atomic E-state index is 5.40. The summed E-state index contributed by atoms with van der Waals surface area (Å²) in [6, 6.07) is 3.69. The van der Waals surface area contributed by atoms with Gasteiger partial charge in [-0.15, -0.1) is 10.2 Å². The molecule has 0 spiro atoms. The third-order valence-corrected chi connectivity index (χ3v) is 2.43. The number of pyridine rings is 1. The molecular formula is C9H9BrN4O. The van der Waals surface area contributed by atoms with E-state index in [0.29, 0.717) is 30.4 Å². The van der Waals surface area contributed by atoms with Gasteiger partial charge >= 0.3 is 0 Å². The highest BCUT2D eigenvalue weighted by molar-refractivity contribution is 9.10. The minimum atomic E-state index is 0.408. The predicted octanol–water partition coefficient (Wildman–Crippen LogP) is 1.40. The molecule has 0 aliphatic carbocycles. The van der Waals surface area contributed by atoms with Crippen LogP contribution in [0.25, 0.3) is 11.6 Å². The van der Waals surface area contributed by atoms with E-state index < -0.39 is 0 Å². The van der Waals surface area contributed by atoms with Gasteiger partial charge in [0.1, 0.15) is 5.69 Å². The highest BCUT2D eigenvalue weighted by atomic mass is 79.9. The monoisotopic (exact) mass is 268 g/mol. The van der Waals surface area contributed by atoms with Crippen LogP contribution in [0.1, 0.15) is 5.89 Å². The summed E-state index contributed by atoms with van der Waals surface area (Å²) in [4.78, 5) is 4.15. The second-order valence-electron chi connectivity index (χ2n) is 2.87. The van der Waals surface area contributed by atoms with Crippen LogP contribution in [0, 0.1) is 0 Å². The zero-order valence-corrected chi connectivity index (χ0v) is 9.44. The molecule has 0 atom stereocenters. The van der Waals surface area contributed by atoms with E-state index >= 15 is 0 Å². The lowest BCUT2D eigenvalue weighted by atomic mass is 10.3. The van der Waals surface area contributed by atoms with E-state index in [1.54, 1.807) is 6.20 Å². The third-order valence-electron chi connectivity index (χ3n) is 1.79. The third kappa shape index (κ3) is 2.21. The van der Waals surface area contributed by atoms with Crippen molar-refractivity contribution in [3.63, 3.8) is 0 Å². The van der Waals surface area contributed by atoms with Crippen LogP contribution in [0.3, 0.4) is 0 Å². The Kier molecular flexibility index (Phi) is 3.08. The maximum atomic E-state index is 5.40. The van der Waals surface area contributed by atoms with E-state index in [2.05, 4.69) is 31.1 Å². The molecule has 2 rings (SSSR count). The van der Waals surface area contributed by atoms with E-state index in [9.17, 15) is 0 Å². The molecule has 2 aromatic heterocycles. The number of halogens is 1. The lowest BCUT2D eigenvalue weighted by Gasteiger charge is -1.95. The van der Waals surface area contributed by atoms with Crippen molar-refractivity contribution < 1.29 is 4.42 Å². The Morgan fingerprint density at radius 2 is 2.27 bits per heavy atom. The first kappa shape index (κ1) is 10.3. The van der Waals surface area contributed by atoms with Crippen LogP contribution in [0.15, 0.2) is 27.2 Å². The lowest BCUT2D eigenvalue weighted by Crippen LogP contribution is -2.02. The molecule has 15 heavy (non-hydrogen) atoms. The molecule has 0 unspecified atom stereocenters. The Morgan fingerprint density at radius 3 is 3.00 bits per heavy atom. The van der Waals surface area contributed by atoms with Gasteiger partial charge in [-0.25, -0.2) is 4.98 Å². The summed E-state index contributed by atoms with van der Waals surface area (Å²) in [7, 11) is 0.